The second kappa shape index (κ2) is 3.72. The highest BCUT2D eigenvalue weighted by molar-refractivity contribution is 5.91. The van der Waals surface area contributed by atoms with Gasteiger partial charge in [-0.25, -0.2) is 0 Å². The first-order chi connectivity index (χ1) is 5.34. The van der Waals surface area contributed by atoms with Gasteiger partial charge in [-0.15, -0.1) is 0 Å². The molecule has 60 valence electrons. The summed E-state index contributed by atoms with van der Waals surface area (Å²) in [6, 6.07) is 1.49. The fraction of sp³-hybridized carbons (Fsp3) is 0.333. The number of hydrogen-bond acceptors (Lipinski definition) is 4. The van der Waals surface area contributed by atoms with Gasteiger partial charge in [-0.1, -0.05) is 5.16 Å². The monoisotopic (exact) mass is 155 g/mol. The zero-order valence-electron chi connectivity index (χ0n) is 5.91. The normalized spacial score (nSPS) is 9.55. The molecule has 1 heterocycles. The molecule has 0 aromatic carbocycles. The lowest BCUT2D eigenvalue weighted by molar-refractivity contribution is 0.0945. The third kappa shape index (κ3) is 2.05. The third-order valence-electron chi connectivity index (χ3n) is 1.10. The number of hydrogen-bond donors (Lipinski definition) is 2. The molecule has 0 saturated carbocycles. The molecule has 0 spiro atoms. The zero-order valence-corrected chi connectivity index (χ0v) is 5.91. The van der Waals surface area contributed by atoms with Crippen molar-refractivity contribution in [3.63, 3.8) is 0 Å². The number of nitrogens with zero attached hydrogens (tertiary/aromatic N) is 1. The van der Waals surface area contributed by atoms with E-state index in [-0.39, 0.29) is 11.6 Å². The Morgan fingerprint density at radius 2 is 2.64 bits per heavy atom. The molecule has 11 heavy (non-hydrogen) atoms. The van der Waals surface area contributed by atoms with Crippen LogP contribution in [-0.2, 0) is 0 Å². The van der Waals surface area contributed by atoms with Crippen molar-refractivity contribution >= 4 is 5.91 Å². The van der Waals surface area contributed by atoms with Gasteiger partial charge in [0.1, 0.15) is 6.26 Å². The van der Waals surface area contributed by atoms with Crippen LogP contribution in [0.5, 0.6) is 0 Å². The lowest BCUT2D eigenvalue weighted by atomic mass is 10.4. The lowest BCUT2D eigenvalue weighted by Crippen LogP contribution is -2.29. The number of rotatable bonds is 3. The van der Waals surface area contributed by atoms with E-state index in [1.807, 2.05) is 0 Å². The Morgan fingerprint density at radius 3 is 3.18 bits per heavy atom. The Labute approximate surface area is 63.5 Å². The molecule has 1 rings (SSSR count). The van der Waals surface area contributed by atoms with Gasteiger partial charge in [0.25, 0.3) is 5.91 Å². The highest BCUT2D eigenvalue weighted by Crippen LogP contribution is 1.92. The van der Waals surface area contributed by atoms with Crippen molar-refractivity contribution in [3.8, 4) is 0 Å². The first-order valence-corrected chi connectivity index (χ1v) is 3.23. The molecule has 1 amide bonds. The number of nitrogens with two attached hydrogens (primary N) is 1. The van der Waals surface area contributed by atoms with E-state index in [1.54, 1.807) is 0 Å². The Hall–Kier alpha value is -1.36. The van der Waals surface area contributed by atoms with Crippen LogP contribution in [0.2, 0.25) is 0 Å². The minimum absolute atomic E-state index is 0.260. The van der Waals surface area contributed by atoms with E-state index in [2.05, 4.69) is 15.0 Å². The molecular formula is C6H9N3O2. The van der Waals surface area contributed by atoms with E-state index in [4.69, 9.17) is 5.73 Å². The Bertz CT molecular complexity index is 220. The van der Waals surface area contributed by atoms with Crippen molar-refractivity contribution in [1.29, 1.82) is 0 Å². The third-order valence-corrected chi connectivity index (χ3v) is 1.10. The van der Waals surface area contributed by atoms with Gasteiger partial charge < -0.3 is 15.6 Å². The molecule has 0 saturated heterocycles. The van der Waals surface area contributed by atoms with Gasteiger partial charge in [0, 0.05) is 19.2 Å². The van der Waals surface area contributed by atoms with Gasteiger partial charge >= 0.3 is 0 Å². The van der Waals surface area contributed by atoms with Crippen LogP contribution >= 0.6 is 0 Å². The van der Waals surface area contributed by atoms with Gasteiger partial charge in [0.15, 0.2) is 5.69 Å². The minimum atomic E-state index is -0.260. The second-order valence-corrected chi connectivity index (χ2v) is 1.93. The van der Waals surface area contributed by atoms with Gasteiger partial charge in [-0.3, -0.25) is 4.79 Å². The minimum Gasteiger partial charge on any atom is -0.364 e. The van der Waals surface area contributed by atoms with E-state index in [0.29, 0.717) is 13.1 Å². The topological polar surface area (TPSA) is 81.1 Å². The summed E-state index contributed by atoms with van der Waals surface area (Å²) in [6.45, 7) is 0.870. The highest BCUT2D eigenvalue weighted by atomic mass is 16.5. The summed E-state index contributed by atoms with van der Waals surface area (Å²) >= 11 is 0. The maximum absolute atomic E-state index is 11.0. The largest absolute Gasteiger partial charge is 0.364 e. The van der Waals surface area contributed by atoms with Crippen LogP contribution in [0.4, 0.5) is 0 Å². The van der Waals surface area contributed by atoms with Gasteiger partial charge in [0.2, 0.25) is 0 Å². The molecule has 0 aliphatic rings. The predicted octanol–water partition coefficient (Wildman–Crippen LogP) is -0.637. The first kappa shape index (κ1) is 7.74. The fourth-order valence-corrected chi connectivity index (χ4v) is 0.606. The van der Waals surface area contributed by atoms with Crippen LogP contribution in [0.1, 0.15) is 10.5 Å². The van der Waals surface area contributed by atoms with Crippen molar-refractivity contribution in [1.82, 2.24) is 10.5 Å². The molecule has 0 unspecified atom stereocenters. The zero-order chi connectivity index (χ0) is 8.10. The van der Waals surface area contributed by atoms with Crippen LogP contribution < -0.4 is 11.1 Å². The SMILES string of the molecule is NCCNC(=O)c1ccon1. The standard InChI is InChI=1S/C6H9N3O2/c7-2-3-8-6(10)5-1-4-11-9-5/h1,4H,2-3,7H2,(H,8,10). The Balaban J connectivity index is 2.43. The predicted molar refractivity (Wildman–Crippen MR) is 37.9 cm³/mol. The van der Waals surface area contributed by atoms with Crippen LogP contribution in [0.15, 0.2) is 16.9 Å². The molecule has 1 aromatic rings. The number of nitrogens with one attached hydrogen (secondary N) is 1. The summed E-state index contributed by atoms with van der Waals surface area (Å²) in [5.74, 6) is -0.260. The average molecular weight is 155 g/mol. The maximum atomic E-state index is 11.0. The van der Waals surface area contributed by atoms with E-state index >= 15 is 0 Å². The molecule has 0 bridgehead atoms. The summed E-state index contributed by atoms with van der Waals surface area (Å²) in [5.41, 5.74) is 5.45. The average Bonchev–Trinajstić information content (AvgIpc) is 2.52. The van der Waals surface area contributed by atoms with Crippen molar-refractivity contribution in [3.05, 3.63) is 18.0 Å². The van der Waals surface area contributed by atoms with E-state index < -0.39 is 0 Å². The second-order valence-electron chi connectivity index (χ2n) is 1.93. The summed E-state index contributed by atoms with van der Waals surface area (Å²) in [4.78, 5) is 11.0. The summed E-state index contributed by atoms with van der Waals surface area (Å²) in [5, 5.41) is 5.99. The van der Waals surface area contributed by atoms with E-state index in [0.717, 1.165) is 0 Å². The smallest absolute Gasteiger partial charge is 0.273 e. The van der Waals surface area contributed by atoms with Gasteiger partial charge in [0.05, 0.1) is 0 Å². The van der Waals surface area contributed by atoms with Crippen LogP contribution in [-0.4, -0.2) is 24.2 Å². The fourth-order valence-electron chi connectivity index (χ4n) is 0.606. The Kier molecular flexibility index (Phi) is 2.62. The molecule has 1 aromatic heterocycles. The maximum Gasteiger partial charge on any atom is 0.273 e. The molecule has 3 N–H and O–H groups in total. The molecule has 5 heteroatoms. The number of amides is 1. The van der Waals surface area contributed by atoms with Crippen molar-refractivity contribution in [2.24, 2.45) is 5.73 Å². The lowest BCUT2D eigenvalue weighted by Gasteiger charge is -1.97. The molecule has 0 atom stereocenters. The molecule has 0 radical (unpaired) electrons. The van der Waals surface area contributed by atoms with Crippen molar-refractivity contribution < 1.29 is 9.32 Å². The summed E-state index contributed by atoms with van der Waals surface area (Å²) in [7, 11) is 0. The van der Waals surface area contributed by atoms with Crippen molar-refractivity contribution in [2.75, 3.05) is 13.1 Å². The molecule has 0 aliphatic heterocycles. The van der Waals surface area contributed by atoms with Gasteiger partial charge in [-0.2, -0.15) is 0 Å². The molecule has 5 nitrogen and oxygen atoms in total. The quantitative estimate of drug-likeness (QED) is 0.608. The van der Waals surface area contributed by atoms with Crippen LogP contribution in [0.25, 0.3) is 0 Å². The van der Waals surface area contributed by atoms with E-state index in [9.17, 15) is 4.79 Å². The molecule has 0 fully saturated rings. The number of aromatic nitrogens is 1. The first-order valence-electron chi connectivity index (χ1n) is 3.23. The number of carbonyl (C=O) groups is 1. The molecular weight excluding hydrogens is 146 g/mol. The number of carbonyl (C=O) groups excluding carboxylic acids is 1. The molecule has 0 aliphatic carbocycles. The van der Waals surface area contributed by atoms with Gasteiger partial charge in [-0.05, 0) is 0 Å². The van der Waals surface area contributed by atoms with Crippen LogP contribution in [0, 0.1) is 0 Å². The summed E-state index contributed by atoms with van der Waals surface area (Å²) in [6.07, 6.45) is 1.34. The Morgan fingerprint density at radius 1 is 1.82 bits per heavy atom. The van der Waals surface area contributed by atoms with Crippen molar-refractivity contribution in [2.45, 2.75) is 0 Å². The van der Waals surface area contributed by atoms with E-state index in [1.165, 1.54) is 12.3 Å². The summed E-state index contributed by atoms with van der Waals surface area (Å²) < 4.78 is 4.47. The van der Waals surface area contributed by atoms with Crippen LogP contribution in [0.3, 0.4) is 0 Å². The highest BCUT2D eigenvalue weighted by Gasteiger charge is 2.05.